The number of rotatable bonds is 4. The van der Waals surface area contributed by atoms with Gasteiger partial charge in [0.25, 0.3) is 0 Å². The Balaban J connectivity index is 2.20. The lowest BCUT2D eigenvalue weighted by molar-refractivity contribution is -0.116. The number of nitrogens with two attached hydrogens (primary N) is 1. The van der Waals surface area contributed by atoms with Crippen LogP contribution in [0.25, 0.3) is 0 Å². The molecule has 1 aromatic carbocycles. The Bertz CT molecular complexity index is 725. The summed E-state index contributed by atoms with van der Waals surface area (Å²) in [5, 5.41) is 15.0. The molecule has 0 bridgehead atoms. The molecule has 1 heterocycles. The van der Waals surface area contributed by atoms with Crippen LogP contribution < -0.4 is 10.5 Å². The van der Waals surface area contributed by atoms with Gasteiger partial charge in [0.15, 0.2) is 0 Å². The van der Waals surface area contributed by atoms with E-state index in [0.717, 1.165) is 0 Å². The molecule has 0 atom stereocenters. The third-order valence-corrected chi connectivity index (χ3v) is 3.70. The zero-order valence-electron chi connectivity index (χ0n) is 10.6. The molecular weight excluding hydrogens is 282 g/mol. The van der Waals surface area contributed by atoms with Gasteiger partial charge in [-0.05, 0) is 24.6 Å². The van der Waals surface area contributed by atoms with Crippen LogP contribution >= 0.6 is 0 Å². The molecule has 2 rings (SSSR count). The van der Waals surface area contributed by atoms with Gasteiger partial charge >= 0.3 is 0 Å². The smallest absolute Gasteiger partial charge is 0.246 e. The number of benzene rings is 1. The third-order valence-electron chi connectivity index (χ3n) is 2.64. The van der Waals surface area contributed by atoms with Crippen molar-refractivity contribution >= 4 is 21.6 Å². The van der Waals surface area contributed by atoms with Crippen LogP contribution in [-0.4, -0.2) is 29.3 Å². The minimum atomic E-state index is -3.82. The molecule has 1 aromatic heterocycles. The summed E-state index contributed by atoms with van der Waals surface area (Å²) >= 11 is 0. The largest absolute Gasteiger partial charge is 0.324 e. The highest BCUT2D eigenvalue weighted by molar-refractivity contribution is 7.89. The van der Waals surface area contributed by atoms with E-state index in [1.54, 1.807) is 19.2 Å². The molecule has 0 saturated heterocycles. The van der Waals surface area contributed by atoms with E-state index >= 15 is 0 Å². The SMILES string of the molecule is Cc1c(NC(=O)Cn2ccnn2)cccc1S(N)(=O)=O. The first-order valence-corrected chi connectivity index (χ1v) is 7.19. The van der Waals surface area contributed by atoms with Crippen molar-refractivity contribution in [3.05, 3.63) is 36.2 Å². The van der Waals surface area contributed by atoms with Crippen molar-refractivity contribution < 1.29 is 13.2 Å². The van der Waals surface area contributed by atoms with Gasteiger partial charge in [0.2, 0.25) is 15.9 Å². The van der Waals surface area contributed by atoms with E-state index in [-0.39, 0.29) is 17.3 Å². The predicted molar refractivity (Wildman–Crippen MR) is 71.2 cm³/mol. The van der Waals surface area contributed by atoms with Crippen molar-refractivity contribution in [2.45, 2.75) is 18.4 Å². The van der Waals surface area contributed by atoms with E-state index in [1.165, 1.54) is 23.0 Å². The highest BCUT2D eigenvalue weighted by atomic mass is 32.2. The van der Waals surface area contributed by atoms with Crippen molar-refractivity contribution in [2.75, 3.05) is 5.32 Å². The number of nitrogens with one attached hydrogen (secondary N) is 1. The second kappa shape index (κ2) is 5.39. The lowest BCUT2D eigenvalue weighted by atomic mass is 10.2. The maximum absolute atomic E-state index is 11.8. The van der Waals surface area contributed by atoms with Gasteiger partial charge in [-0.2, -0.15) is 0 Å². The fraction of sp³-hybridized carbons (Fsp3) is 0.182. The van der Waals surface area contributed by atoms with Crippen LogP contribution in [0.2, 0.25) is 0 Å². The molecule has 9 heteroatoms. The number of primary sulfonamides is 1. The summed E-state index contributed by atoms with van der Waals surface area (Å²) in [4.78, 5) is 11.8. The maximum Gasteiger partial charge on any atom is 0.246 e. The van der Waals surface area contributed by atoms with Crippen molar-refractivity contribution in [1.29, 1.82) is 0 Å². The molecule has 1 amide bonds. The van der Waals surface area contributed by atoms with Crippen LogP contribution in [0.3, 0.4) is 0 Å². The number of aromatic nitrogens is 3. The zero-order chi connectivity index (χ0) is 14.8. The van der Waals surface area contributed by atoms with Crippen molar-refractivity contribution in [3.63, 3.8) is 0 Å². The standard InChI is InChI=1S/C11H13N5O3S/c1-8-9(3-2-4-10(8)20(12,18)19)14-11(17)7-16-6-5-13-15-16/h2-6H,7H2,1H3,(H,14,17)(H2,12,18,19). The van der Waals surface area contributed by atoms with Gasteiger partial charge < -0.3 is 5.32 Å². The molecule has 0 saturated carbocycles. The van der Waals surface area contributed by atoms with E-state index < -0.39 is 10.0 Å². The number of sulfonamides is 1. The van der Waals surface area contributed by atoms with Gasteiger partial charge in [-0.15, -0.1) is 5.10 Å². The molecule has 0 unspecified atom stereocenters. The van der Waals surface area contributed by atoms with Crippen molar-refractivity contribution in [1.82, 2.24) is 15.0 Å². The first kappa shape index (κ1) is 14.2. The number of nitrogens with zero attached hydrogens (tertiary/aromatic N) is 3. The van der Waals surface area contributed by atoms with Crippen LogP contribution in [-0.2, 0) is 21.4 Å². The summed E-state index contributed by atoms with van der Waals surface area (Å²) in [6, 6.07) is 4.50. The maximum atomic E-state index is 11.8. The Hall–Kier alpha value is -2.26. The summed E-state index contributed by atoms with van der Waals surface area (Å²) in [6.07, 6.45) is 3.01. The third kappa shape index (κ3) is 3.19. The molecule has 20 heavy (non-hydrogen) atoms. The minimum absolute atomic E-state index is 0.0148. The molecule has 0 fully saturated rings. The molecule has 0 aliphatic rings. The monoisotopic (exact) mass is 295 g/mol. The summed E-state index contributed by atoms with van der Waals surface area (Å²) in [7, 11) is -3.82. The van der Waals surface area contributed by atoms with E-state index in [9.17, 15) is 13.2 Å². The number of amides is 1. The van der Waals surface area contributed by atoms with Gasteiger partial charge in [0.05, 0.1) is 11.1 Å². The van der Waals surface area contributed by atoms with Gasteiger partial charge in [-0.1, -0.05) is 11.3 Å². The van der Waals surface area contributed by atoms with Gasteiger partial charge in [-0.3, -0.25) is 4.79 Å². The second-order valence-corrected chi connectivity index (χ2v) is 5.65. The molecule has 0 radical (unpaired) electrons. The fourth-order valence-corrected chi connectivity index (χ4v) is 2.52. The number of carbonyl (C=O) groups is 1. The Kier molecular flexibility index (Phi) is 3.81. The minimum Gasteiger partial charge on any atom is -0.324 e. The summed E-state index contributed by atoms with van der Waals surface area (Å²) in [5.41, 5.74) is 0.781. The average molecular weight is 295 g/mol. The van der Waals surface area contributed by atoms with Crippen LogP contribution in [0.15, 0.2) is 35.5 Å². The Morgan fingerprint density at radius 3 is 2.80 bits per heavy atom. The second-order valence-electron chi connectivity index (χ2n) is 4.12. The average Bonchev–Trinajstić information content (AvgIpc) is 2.83. The topological polar surface area (TPSA) is 120 Å². The molecule has 106 valence electrons. The lowest BCUT2D eigenvalue weighted by Crippen LogP contribution is -2.21. The normalized spacial score (nSPS) is 11.3. The van der Waals surface area contributed by atoms with Gasteiger partial charge in [0, 0.05) is 11.9 Å². The van der Waals surface area contributed by atoms with Gasteiger partial charge in [0.1, 0.15) is 6.54 Å². The molecule has 0 aliphatic carbocycles. The van der Waals surface area contributed by atoms with E-state index in [0.29, 0.717) is 11.3 Å². The van der Waals surface area contributed by atoms with Crippen molar-refractivity contribution in [2.24, 2.45) is 5.14 Å². The van der Waals surface area contributed by atoms with Crippen LogP contribution in [0.1, 0.15) is 5.56 Å². The molecular formula is C11H13N5O3S. The Morgan fingerprint density at radius 2 is 2.20 bits per heavy atom. The highest BCUT2D eigenvalue weighted by Gasteiger charge is 2.15. The quantitative estimate of drug-likeness (QED) is 0.814. The first-order valence-electron chi connectivity index (χ1n) is 5.64. The molecule has 0 spiro atoms. The van der Waals surface area contributed by atoms with Crippen molar-refractivity contribution in [3.8, 4) is 0 Å². The van der Waals surface area contributed by atoms with Crippen LogP contribution in [0.4, 0.5) is 5.69 Å². The van der Waals surface area contributed by atoms with Crippen LogP contribution in [0, 0.1) is 6.92 Å². The molecule has 2 aromatic rings. The molecule has 0 aliphatic heterocycles. The summed E-state index contributed by atoms with van der Waals surface area (Å²) < 4.78 is 24.1. The summed E-state index contributed by atoms with van der Waals surface area (Å²) in [6.45, 7) is 1.56. The number of hydrogen-bond acceptors (Lipinski definition) is 5. The highest BCUT2D eigenvalue weighted by Crippen LogP contribution is 2.21. The Morgan fingerprint density at radius 1 is 1.45 bits per heavy atom. The predicted octanol–water partition coefficient (Wildman–Crippen LogP) is -0.127. The lowest BCUT2D eigenvalue weighted by Gasteiger charge is -2.11. The summed E-state index contributed by atoms with van der Waals surface area (Å²) in [5.74, 6) is -0.342. The fourth-order valence-electron chi connectivity index (χ4n) is 1.71. The van der Waals surface area contributed by atoms with Gasteiger partial charge in [-0.25, -0.2) is 18.2 Å². The number of anilines is 1. The Labute approximate surface area is 115 Å². The molecule has 8 nitrogen and oxygen atoms in total. The van der Waals surface area contributed by atoms with Crippen LogP contribution in [0.5, 0.6) is 0 Å². The van der Waals surface area contributed by atoms with E-state index in [1.807, 2.05) is 0 Å². The van der Waals surface area contributed by atoms with E-state index in [2.05, 4.69) is 15.6 Å². The molecule has 3 N–H and O–H groups in total. The zero-order valence-corrected chi connectivity index (χ0v) is 11.5. The number of carbonyl (C=O) groups excluding carboxylic acids is 1. The number of hydrogen-bond donors (Lipinski definition) is 2. The first-order chi connectivity index (χ1) is 9.38. The van der Waals surface area contributed by atoms with E-state index in [4.69, 9.17) is 5.14 Å².